The minimum atomic E-state index is 0.0600. The van der Waals surface area contributed by atoms with E-state index in [-0.39, 0.29) is 11.7 Å². The number of hydrogen-bond acceptors (Lipinski definition) is 6. The summed E-state index contributed by atoms with van der Waals surface area (Å²) in [6.45, 7) is 3.23. The Morgan fingerprint density at radius 3 is 2.79 bits per heavy atom. The maximum absolute atomic E-state index is 12.9. The third-order valence-electron chi connectivity index (χ3n) is 4.57. The van der Waals surface area contributed by atoms with Crippen molar-refractivity contribution in [3.05, 3.63) is 54.1 Å². The molecule has 1 aliphatic rings. The van der Waals surface area contributed by atoms with E-state index in [0.29, 0.717) is 17.5 Å². The van der Waals surface area contributed by atoms with Crippen LogP contribution in [0.5, 0.6) is 5.75 Å². The molecule has 0 spiro atoms. The summed E-state index contributed by atoms with van der Waals surface area (Å²) < 4.78 is 7.29. The predicted molar refractivity (Wildman–Crippen MR) is 108 cm³/mol. The number of hydrogen-bond donors (Lipinski definition) is 0. The van der Waals surface area contributed by atoms with E-state index in [1.807, 2.05) is 54.3 Å². The SMILES string of the molecule is CCOc1ccccc1-n1nnnc1SCC(=O)N1CCCc2ccccc21. The van der Waals surface area contributed by atoms with Gasteiger partial charge in [0.05, 0.1) is 12.4 Å². The number of carbonyl (C=O) groups is 1. The molecule has 2 heterocycles. The van der Waals surface area contributed by atoms with Crippen LogP contribution in [-0.2, 0) is 11.2 Å². The first kappa shape index (κ1) is 18.5. The fraction of sp³-hybridized carbons (Fsp3) is 0.300. The first-order valence-electron chi connectivity index (χ1n) is 9.29. The number of fused-ring (bicyclic) bond motifs is 1. The average molecular weight is 395 g/mol. The molecule has 0 unspecified atom stereocenters. The number of rotatable bonds is 6. The maximum Gasteiger partial charge on any atom is 0.237 e. The van der Waals surface area contributed by atoms with Crippen molar-refractivity contribution in [1.82, 2.24) is 20.2 Å². The van der Waals surface area contributed by atoms with Crippen LogP contribution in [0.25, 0.3) is 5.69 Å². The quantitative estimate of drug-likeness (QED) is 0.597. The van der Waals surface area contributed by atoms with Crippen LogP contribution in [0.4, 0.5) is 5.69 Å². The molecular weight excluding hydrogens is 374 g/mol. The van der Waals surface area contributed by atoms with E-state index in [9.17, 15) is 4.79 Å². The molecule has 0 aliphatic carbocycles. The fourth-order valence-corrected chi connectivity index (χ4v) is 4.09. The van der Waals surface area contributed by atoms with E-state index in [0.717, 1.165) is 30.8 Å². The maximum atomic E-state index is 12.9. The number of anilines is 1. The summed E-state index contributed by atoms with van der Waals surface area (Å²) in [5.74, 6) is 1.03. The van der Waals surface area contributed by atoms with E-state index in [2.05, 4.69) is 21.6 Å². The number of benzene rings is 2. The normalized spacial score (nSPS) is 13.2. The molecule has 1 aromatic heterocycles. The predicted octanol–water partition coefficient (Wildman–Crippen LogP) is 3.13. The van der Waals surface area contributed by atoms with Crippen LogP contribution >= 0.6 is 11.8 Å². The Morgan fingerprint density at radius 1 is 1.14 bits per heavy atom. The van der Waals surface area contributed by atoms with Gasteiger partial charge in [0.2, 0.25) is 11.1 Å². The smallest absolute Gasteiger partial charge is 0.237 e. The zero-order chi connectivity index (χ0) is 19.3. The van der Waals surface area contributed by atoms with E-state index >= 15 is 0 Å². The molecule has 1 aliphatic heterocycles. The molecule has 1 amide bonds. The monoisotopic (exact) mass is 395 g/mol. The van der Waals surface area contributed by atoms with Gasteiger partial charge in [-0.05, 0) is 54.0 Å². The van der Waals surface area contributed by atoms with Crippen molar-refractivity contribution in [3.8, 4) is 11.4 Å². The second-order valence-electron chi connectivity index (χ2n) is 6.34. The third-order valence-corrected chi connectivity index (χ3v) is 5.47. The highest BCUT2D eigenvalue weighted by molar-refractivity contribution is 7.99. The molecule has 7 nitrogen and oxygen atoms in total. The summed E-state index contributed by atoms with van der Waals surface area (Å²) >= 11 is 1.33. The zero-order valence-corrected chi connectivity index (χ0v) is 16.4. The molecule has 0 N–H and O–H groups in total. The van der Waals surface area contributed by atoms with Gasteiger partial charge in [-0.2, -0.15) is 4.68 Å². The van der Waals surface area contributed by atoms with Gasteiger partial charge in [0.25, 0.3) is 0 Å². The number of thioether (sulfide) groups is 1. The van der Waals surface area contributed by atoms with E-state index in [1.54, 1.807) is 4.68 Å². The average Bonchev–Trinajstić information content (AvgIpc) is 3.20. The number of ether oxygens (including phenoxy) is 1. The van der Waals surface area contributed by atoms with Gasteiger partial charge < -0.3 is 9.64 Å². The van der Waals surface area contributed by atoms with E-state index < -0.39 is 0 Å². The van der Waals surface area contributed by atoms with Gasteiger partial charge in [-0.1, -0.05) is 42.1 Å². The molecule has 0 radical (unpaired) electrons. The van der Waals surface area contributed by atoms with Crippen molar-refractivity contribution in [3.63, 3.8) is 0 Å². The lowest BCUT2D eigenvalue weighted by Crippen LogP contribution is -2.36. The second-order valence-corrected chi connectivity index (χ2v) is 7.28. The van der Waals surface area contributed by atoms with Gasteiger partial charge in [0, 0.05) is 12.2 Å². The van der Waals surface area contributed by atoms with Crippen molar-refractivity contribution in [1.29, 1.82) is 0 Å². The molecule has 4 rings (SSSR count). The Kier molecular flexibility index (Phi) is 5.57. The molecule has 0 bridgehead atoms. The topological polar surface area (TPSA) is 73.1 Å². The highest BCUT2D eigenvalue weighted by atomic mass is 32.2. The summed E-state index contributed by atoms with van der Waals surface area (Å²) in [4.78, 5) is 14.7. The fourth-order valence-electron chi connectivity index (χ4n) is 3.33. The van der Waals surface area contributed by atoms with Crippen LogP contribution in [0.15, 0.2) is 53.7 Å². The number of para-hydroxylation sites is 3. The molecule has 8 heteroatoms. The molecular formula is C20H21N5O2S. The minimum absolute atomic E-state index is 0.0600. The van der Waals surface area contributed by atoms with Crippen molar-refractivity contribution in [2.75, 3.05) is 23.8 Å². The molecule has 0 saturated carbocycles. The van der Waals surface area contributed by atoms with Gasteiger partial charge in [-0.15, -0.1) is 5.10 Å². The number of aromatic nitrogens is 4. The first-order valence-corrected chi connectivity index (χ1v) is 10.3. The molecule has 144 valence electrons. The lowest BCUT2D eigenvalue weighted by atomic mass is 10.0. The van der Waals surface area contributed by atoms with Gasteiger partial charge in [0.15, 0.2) is 0 Å². The summed E-state index contributed by atoms with van der Waals surface area (Å²) in [6.07, 6.45) is 1.99. The second kappa shape index (κ2) is 8.43. The number of tetrazole rings is 1. The number of aryl methyl sites for hydroxylation is 1. The highest BCUT2D eigenvalue weighted by Crippen LogP contribution is 2.29. The van der Waals surface area contributed by atoms with Crippen LogP contribution in [-0.4, -0.2) is 45.0 Å². The van der Waals surface area contributed by atoms with Crippen LogP contribution in [0.3, 0.4) is 0 Å². The van der Waals surface area contributed by atoms with Gasteiger partial charge in [-0.3, -0.25) is 4.79 Å². The lowest BCUT2D eigenvalue weighted by Gasteiger charge is -2.29. The van der Waals surface area contributed by atoms with Gasteiger partial charge in [-0.25, -0.2) is 0 Å². The van der Waals surface area contributed by atoms with Crippen molar-refractivity contribution in [2.45, 2.75) is 24.9 Å². The summed E-state index contributed by atoms with van der Waals surface area (Å²) in [6, 6.07) is 15.7. The summed E-state index contributed by atoms with van der Waals surface area (Å²) in [5, 5.41) is 12.5. The first-order chi connectivity index (χ1) is 13.8. The number of nitrogens with zero attached hydrogens (tertiary/aromatic N) is 5. The minimum Gasteiger partial charge on any atom is -0.492 e. The zero-order valence-electron chi connectivity index (χ0n) is 15.6. The Balaban J connectivity index is 1.50. The standard InChI is InChI=1S/C20H21N5O2S/c1-2-27-18-12-6-5-11-17(18)25-20(21-22-23-25)28-14-19(26)24-13-7-9-15-8-3-4-10-16(15)24/h3-6,8,10-12H,2,7,9,13-14H2,1H3. The van der Waals surface area contributed by atoms with E-state index in [4.69, 9.17) is 4.74 Å². The van der Waals surface area contributed by atoms with Crippen molar-refractivity contribution >= 4 is 23.4 Å². The largest absolute Gasteiger partial charge is 0.492 e. The highest BCUT2D eigenvalue weighted by Gasteiger charge is 2.23. The summed E-state index contributed by atoms with van der Waals surface area (Å²) in [7, 11) is 0. The Labute approximate surface area is 167 Å². The molecule has 2 aromatic carbocycles. The Hall–Kier alpha value is -2.87. The van der Waals surface area contributed by atoms with Crippen LogP contribution in [0.2, 0.25) is 0 Å². The lowest BCUT2D eigenvalue weighted by molar-refractivity contribution is -0.116. The van der Waals surface area contributed by atoms with Crippen molar-refractivity contribution in [2.24, 2.45) is 0 Å². The molecule has 3 aromatic rings. The van der Waals surface area contributed by atoms with Crippen LogP contribution < -0.4 is 9.64 Å². The Bertz CT molecular complexity index is 974. The van der Waals surface area contributed by atoms with Crippen molar-refractivity contribution < 1.29 is 9.53 Å². The number of amides is 1. The molecule has 0 atom stereocenters. The van der Waals surface area contributed by atoms with Crippen LogP contribution in [0.1, 0.15) is 18.9 Å². The third kappa shape index (κ3) is 3.73. The molecule has 28 heavy (non-hydrogen) atoms. The number of carbonyl (C=O) groups excluding carboxylic acids is 1. The van der Waals surface area contributed by atoms with Gasteiger partial charge in [0.1, 0.15) is 11.4 Å². The van der Waals surface area contributed by atoms with Gasteiger partial charge >= 0.3 is 0 Å². The molecule has 0 saturated heterocycles. The Morgan fingerprint density at radius 2 is 1.93 bits per heavy atom. The van der Waals surface area contributed by atoms with E-state index in [1.165, 1.54) is 17.3 Å². The van der Waals surface area contributed by atoms with Crippen LogP contribution in [0, 0.1) is 0 Å². The molecule has 0 fully saturated rings. The summed E-state index contributed by atoms with van der Waals surface area (Å²) in [5.41, 5.74) is 3.00.